The van der Waals surface area contributed by atoms with Gasteiger partial charge in [-0.2, -0.15) is 0 Å². The smallest absolute Gasteiger partial charge is 0.333 e. The molecular weight excluding hydrogens is 563 g/mol. The summed E-state index contributed by atoms with van der Waals surface area (Å²) in [6, 6.07) is 8.28. The van der Waals surface area contributed by atoms with Gasteiger partial charge in [-0.1, -0.05) is 38.1 Å². The van der Waals surface area contributed by atoms with Crippen LogP contribution in [-0.2, 0) is 0 Å². The Hall–Kier alpha value is -3.75. The Kier molecular flexibility index (Phi) is 7.57. The maximum absolute atomic E-state index is 15.7. The van der Waals surface area contributed by atoms with Crippen LogP contribution in [0.25, 0.3) is 10.2 Å². The van der Waals surface area contributed by atoms with Gasteiger partial charge in [-0.05, 0) is 48.7 Å². The average Bonchev–Trinajstić information content (AvgIpc) is 3.31. The largest absolute Gasteiger partial charge is 0.490 e. The molecule has 0 fully saturated rings. The van der Waals surface area contributed by atoms with Gasteiger partial charge in [0, 0.05) is 5.92 Å². The van der Waals surface area contributed by atoms with E-state index in [0.717, 1.165) is 0 Å². The number of nitrogens with zero attached hydrogens (tertiary/aromatic N) is 1. The third-order valence-corrected chi connectivity index (χ3v) is 7.08. The van der Waals surface area contributed by atoms with Crippen LogP contribution in [0.15, 0.2) is 30.3 Å². The number of hydrogen-bond donors (Lipinski definition) is 0. The highest BCUT2D eigenvalue weighted by Crippen LogP contribution is 2.45. The van der Waals surface area contributed by atoms with Gasteiger partial charge >= 0.3 is 6.28 Å². The van der Waals surface area contributed by atoms with Crippen molar-refractivity contribution in [3.63, 3.8) is 0 Å². The molecule has 0 radical (unpaired) electrons. The van der Waals surface area contributed by atoms with Gasteiger partial charge in [-0.25, -0.2) is 43.9 Å². The molecule has 0 spiro atoms. The molecule has 3 aromatic rings. The van der Waals surface area contributed by atoms with Crippen molar-refractivity contribution in [2.45, 2.75) is 40.5 Å². The van der Waals surface area contributed by atoms with Crippen molar-refractivity contribution in [1.82, 2.24) is 0 Å². The summed E-state index contributed by atoms with van der Waals surface area (Å²) in [7, 11) is 0. The van der Waals surface area contributed by atoms with Gasteiger partial charge in [0.2, 0.25) is 6.07 Å². The lowest BCUT2D eigenvalue weighted by molar-refractivity contribution is 0.382. The molecule has 0 amide bonds. The van der Waals surface area contributed by atoms with Crippen LogP contribution in [0, 0.1) is 75.6 Å². The Morgan fingerprint density at radius 1 is 0.659 bits per heavy atom. The van der Waals surface area contributed by atoms with Crippen molar-refractivity contribution in [2.24, 2.45) is 11.3 Å². The van der Waals surface area contributed by atoms with E-state index in [0.29, 0.717) is 5.56 Å². The van der Waals surface area contributed by atoms with Crippen LogP contribution in [0.2, 0.25) is 0 Å². The summed E-state index contributed by atoms with van der Waals surface area (Å²) in [5.41, 5.74) is -5.00. The van der Waals surface area contributed by atoms with Gasteiger partial charge < -0.3 is 4.76 Å². The number of benzene rings is 3. The highest BCUT2D eigenvalue weighted by Gasteiger charge is 2.58. The monoisotopic (exact) mass is 585 g/mol. The number of fused-ring (bicyclic) bond motifs is 1. The standard InChI is InChI=1S/C29H22BF10N/c1-12(2)15-10-16(14-9-7-6-8-13(14)15)30(41-11-29(3,4)5,17-19(31)23(35)27(39)24(36)20(17)32)18-21(33)25(37)28(40)26(38)22(18)34/h6-10,12,15H,1-5H3/t15-/m0/s1. The average molecular weight is 585 g/mol. The van der Waals surface area contributed by atoms with E-state index in [1.807, 2.05) is 0 Å². The second-order valence-electron chi connectivity index (χ2n) is 11.3. The van der Waals surface area contributed by atoms with Crippen LogP contribution in [0.5, 0.6) is 0 Å². The van der Waals surface area contributed by atoms with E-state index < -0.39 is 92.2 Å². The first-order chi connectivity index (χ1) is 19.0. The van der Waals surface area contributed by atoms with Crippen molar-refractivity contribution in [2.75, 3.05) is 0 Å². The number of rotatable bonds is 4. The minimum Gasteiger partial charge on any atom is -0.333 e. The van der Waals surface area contributed by atoms with Gasteiger partial charge in [0.05, 0.1) is 5.41 Å². The second-order valence-corrected chi connectivity index (χ2v) is 11.3. The molecule has 0 aromatic heterocycles. The van der Waals surface area contributed by atoms with E-state index in [1.54, 1.807) is 26.0 Å². The zero-order chi connectivity index (χ0) is 30.8. The summed E-state index contributed by atoms with van der Waals surface area (Å²) >= 11 is 0. The van der Waals surface area contributed by atoms with E-state index >= 15 is 17.6 Å². The molecule has 0 unspecified atom stereocenters. The lowest BCUT2D eigenvalue weighted by atomic mass is 9.23. The van der Waals surface area contributed by atoms with Gasteiger partial charge in [-0.15, -0.1) is 11.5 Å². The van der Waals surface area contributed by atoms with Crippen LogP contribution in [0.3, 0.4) is 0 Å². The van der Waals surface area contributed by atoms with Crippen LogP contribution in [0.4, 0.5) is 43.9 Å². The Labute approximate surface area is 229 Å². The summed E-state index contributed by atoms with van der Waals surface area (Å²) in [6.45, 7) is 7.74. The number of allylic oxidation sites excluding steroid dienone is 1. The topological polar surface area (TPSA) is 4.36 Å². The van der Waals surface area contributed by atoms with E-state index in [2.05, 4.69) is 10.8 Å². The molecule has 3 aromatic carbocycles. The molecule has 1 nitrogen and oxygen atoms in total. The normalized spacial score (nSPS) is 15.1. The molecule has 1 aliphatic carbocycles. The van der Waals surface area contributed by atoms with Crippen molar-refractivity contribution < 1.29 is 43.9 Å². The van der Waals surface area contributed by atoms with Gasteiger partial charge in [0.25, 0.3) is 0 Å². The molecule has 1 aliphatic rings. The molecule has 0 heterocycles. The third kappa shape index (κ3) is 4.59. The first kappa shape index (κ1) is 30.2. The molecule has 12 heteroatoms. The van der Waals surface area contributed by atoms with E-state index in [4.69, 9.17) is 0 Å². The molecule has 0 aliphatic heterocycles. The predicted octanol–water partition coefficient (Wildman–Crippen LogP) is 7.89. The molecule has 4 rings (SSSR count). The van der Waals surface area contributed by atoms with Crippen LogP contribution >= 0.6 is 0 Å². The Balaban J connectivity index is 2.41. The first-order valence-corrected chi connectivity index (χ1v) is 12.5. The van der Waals surface area contributed by atoms with Crippen molar-refractivity contribution in [3.05, 3.63) is 104 Å². The quantitative estimate of drug-likeness (QED) is 0.127. The number of hydrogen-bond acceptors (Lipinski definition) is 0. The minimum atomic E-state index is -4.56. The minimum absolute atomic E-state index is 0.0125. The summed E-state index contributed by atoms with van der Waals surface area (Å²) < 4.78 is 154. The molecule has 1 atom stereocenters. The summed E-state index contributed by atoms with van der Waals surface area (Å²) in [6.07, 6.45) is -3.32. The maximum Gasteiger partial charge on any atom is 0.490 e. The zero-order valence-electron chi connectivity index (χ0n) is 22.3. The molecular formula is C29H22BF10N. The lowest BCUT2D eigenvalue weighted by Gasteiger charge is -2.30. The molecule has 0 bridgehead atoms. The van der Waals surface area contributed by atoms with E-state index in [-0.39, 0.29) is 11.5 Å². The highest BCUT2D eigenvalue weighted by atomic mass is 19.2. The predicted molar refractivity (Wildman–Crippen MR) is 136 cm³/mol. The van der Waals surface area contributed by atoms with Crippen molar-refractivity contribution >= 4 is 22.7 Å². The fraction of sp³-hybridized carbons (Fsp3) is 0.276. The fourth-order valence-corrected chi connectivity index (χ4v) is 5.26. The summed E-state index contributed by atoms with van der Waals surface area (Å²) in [5.74, 6) is -26.3. The summed E-state index contributed by atoms with van der Waals surface area (Å²) in [5, 5.41) is 0. The Morgan fingerprint density at radius 2 is 1.05 bits per heavy atom. The molecule has 0 saturated heterocycles. The van der Waals surface area contributed by atoms with Gasteiger partial charge in [0.1, 0.15) is 23.3 Å². The molecule has 0 N–H and O–H groups in total. The maximum atomic E-state index is 15.7. The van der Waals surface area contributed by atoms with Crippen molar-refractivity contribution in [1.29, 1.82) is 0 Å². The van der Waals surface area contributed by atoms with Crippen molar-refractivity contribution in [3.8, 4) is 6.07 Å². The second kappa shape index (κ2) is 10.3. The van der Waals surface area contributed by atoms with E-state index in [9.17, 15) is 26.3 Å². The summed E-state index contributed by atoms with van der Waals surface area (Å²) in [4.78, 5) is 0. The molecule has 0 saturated carbocycles. The molecule has 216 valence electrons. The fourth-order valence-electron chi connectivity index (χ4n) is 5.26. The Morgan fingerprint density at radius 3 is 1.44 bits per heavy atom. The Bertz CT molecular complexity index is 1550. The van der Waals surface area contributed by atoms with Crippen LogP contribution in [-0.4, -0.2) is 6.28 Å². The highest BCUT2D eigenvalue weighted by molar-refractivity contribution is 7.17. The third-order valence-electron chi connectivity index (χ3n) is 7.08. The van der Waals surface area contributed by atoms with Crippen LogP contribution < -0.4 is 10.9 Å². The lowest BCUT2D eigenvalue weighted by Crippen LogP contribution is -2.63. The number of halogens is 10. The van der Waals surface area contributed by atoms with Crippen LogP contribution in [0.1, 0.15) is 51.7 Å². The zero-order valence-corrected chi connectivity index (χ0v) is 22.3. The first-order valence-electron chi connectivity index (χ1n) is 12.5. The van der Waals surface area contributed by atoms with E-state index in [1.165, 1.54) is 39.0 Å². The van der Waals surface area contributed by atoms with Gasteiger partial charge in [0.15, 0.2) is 34.9 Å². The molecule has 41 heavy (non-hydrogen) atoms. The van der Waals surface area contributed by atoms with Gasteiger partial charge in [-0.3, -0.25) is 0 Å². The SMILES string of the molecule is CC(C)[C@@H]1C=C([B-]([N+]#CC(C)(C)C)(c2c(F)c(F)c(F)c(F)c2F)c2c(F)c(F)c(F)c(F)c2F)c2ccccc21.